The monoisotopic (exact) mass is 353 g/mol. The standard InChI is InChI=1S/C11H14FNO3S.2C2H6.CH3F/c1-3-7-17(15,16)13-10-6-4-5-9(8(2)14)11(10)12;3*1-2/h4-6,13H,3,7H2,1-2H3;2*1-2H3;1H3. The molecule has 1 N–H and O–H groups in total. The summed E-state index contributed by atoms with van der Waals surface area (Å²) in [6, 6.07) is 4.04. The van der Waals surface area contributed by atoms with E-state index >= 15 is 0 Å². The Morgan fingerprint density at radius 3 is 2.00 bits per heavy atom. The van der Waals surface area contributed by atoms with Crippen LogP contribution in [0.4, 0.5) is 14.5 Å². The van der Waals surface area contributed by atoms with Crippen LogP contribution in [-0.2, 0) is 10.0 Å². The van der Waals surface area contributed by atoms with E-state index in [1.54, 1.807) is 6.92 Å². The summed E-state index contributed by atoms with van der Waals surface area (Å²) in [5.74, 6) is -1.37. The Kier molecular flexibility index (Phi) is 17.7. The molecule has 0 radical (unpaired) electrons. The quantitative estimate of drug-likeness (QED) is 0.772. The van der Waals surface area contributed by atoms with Gasteiger partial charge in [-0.2, -0.15) is 0 Å². The molecule has 0 heterocycles. The molecule has 0 fully saturated rings. The largest absolute Gasteiger partial charge is 0.294 e. The molecule has 7 heteroatoms. The molecule has 0 aliphatic rings. The number of alkyl halides is 1. The molecular formula is C16H29F2NO3S. The zero-order valence-corrected chi connectivity index (χ0v) is 15.9. The Morgan fingerprint density at radius 2 is 1.61 bits per heavy atom. The molecule has 0 aliphatic carbocycles. The van der Waals surface area contributed by atoms with Gasteiger partial charge in [0, 0.05) is 0 Å². The number of ketones is 1. The van der Waals surface area contributed by atoms with Gasteiger partial charge in [-0.05, 0) is 25.5 Å². The molecule has 23 heavy (non-hydrogen) atoms. The van der Waals surface area contributed by atoms with Gasteiger partial charge >= 0.3 is 0 Å². The molecule has 0 spiro atoms. The van der Waals surface area contributed by atoms with Crippen LogP contribution in [0.1, 0.15) is 58.3 Å². The van der Waals surface area contributed by atoms with Crippen LogP contribution in [0.5, 0.6) is 0 Å². The molecule has 0 atom stereocenters. The normalized spacial score (nSPS) is 9.09. The summed E-state index contributed by atoms with van der Waals surface area (Å²) in [4.78, 5) is 11.1. The van der Waals surface area contributed by atoms with E-state index in [1.807, 2.05) is 27.7 Å². The minimum absolute atomic E-state index is 0.0866. The summed E-state index contributed by atoms with van der Waals surface area (Å²) in [6.07, 6.45) is 0.434. The molecular weight excluding hydrogens is 324 g/mol. The second-order valence-electron chi connectivity index (χ2n) is 3.64. The van der Waals surface area contributed by atoms with Crippen molar-refractivity contribution in [1.82, 2.24) is 0 Å². The topological polar surface area (TPSA) is 63.2 Å². The first-order valence-electron chi connectivity index (χ1n) is 7.55. The van der Waals surface area contributed by atoms with Crippen molar-refractivity contribution in [2.45, 2.75) is 48.0 Å². The van der Waals surface area contributed by atoms with Gasteiger partial charge in [0.1, 0.15) is 0 Å². The molecule has 0 aromatic heterocycles. The number of Topliss-reactive ketones (excluding diaryl/α,β-unsaturated/α-hetero) is 1. The fourth-order valence-electron chi connectivity index (χ4n) is 1.37. The molecule has 0 saturated heterocycles. The summed E-state index contributed by atoms with van der Waals surface area (Å²) >= 11 is 0. The lowest BCUT2D eigenvalue weighted by Gasteiger charge is -2.09. The summed E-state index contributed by atoms with van der Waals surface area (Å²) in [6.45, 7) is 10.9. The number of carbonyl (C=O) groups is 1. The van der Waals surface area contributed by atoms with Crippen LogP contribution in [0.15, 0.2) is 18.2 Å². The minimum Gasteiger partial charge on any atom is -0.294 e. The Balaban J connectivity index is -0.000000595. The molecule has 0 saturated carbocycles. The van der Waals surface area contributed by atoms with E-state index in [2.05, 4.69) is 4.72 Å². The van der Waals surface area contributed by atoms with Gasteiger partial charge in [0.2, 0.25) is 10.0 Å². The predicted octanol–water partition coefficient (Wildman–Crippen LogP) is 4.82. The van der Waals surface area contributed by atoms with Crippen LogP contribution in [0, 0.1) is 5.82 Å². The van der Waals surface area contributed by atoms with E-state index in [-0.39, 0.29) is 17.0 Å². The van der Waals surface area contributed by atoms with Crippen LogP contribution < -0.4 is 4.72 Å². The summed E-state index contributed by atoms with van der Waals surface area (Å²) in [7, 11) is -3.05. The highest BCUT2D eigenvalue weighted by Crippen LogP contribution is 2.19. The number of rotatable bonds is 5. The van der Waals surface area contributed by atoms with Gasteiger partial charge in [-0.1, -0.05) is 40.7 Å². The van der Waals surface area contributed by atoms with E-state index in [0.717, 1.165) is 0 Å². The predicted molar refractivity (Wildman–Crippen MR) is 93.8 cm³/mol. The second kappa shape index (κ2) is 15.4. The van der Waals surface area contributed by atoms with Crippen molar-refractivity contribution in [1.29, 1.82) is 0 Å². The first-order chi connectivity index (χ1) is 10.9. The van der Waals surface area contributed by atoms with E-state index in [9.17, 15) is 22.0 Å². The van der Waals surface area contributed by atoms with Gasteiger partial charge in [0.15, 0.2) is 11.6 Å². The van der Waals surface area contributed by atoms with Crippen molar-refractivity contribution in [3.05, 3.63) is 29.6 Å². The van der Waals surface area contributed by atoms with Gasteiger partial charge < -0.3 is 0 Å². The average molecular weight is 353 g/mol. The maximum atomic E-state index is 13.7. The van der Waals surface area contributed by atoms with Crippen molar-refractivity contribution in [3.63, 3.8) is 0 Å². The Hall–Kier alpha value is -1.50. The van der Waals surface area contributed by atoms with Crippen molar-refractivity contribution < 1.29 is 22.0 Å². The Labute approximate surface area is 139 Å². The lowest BCUT2D eigenvalue weighted by Crippen LogP contribution is -2.17. The fourth-order valence-corrected chi connectivity index (χ4v) is 2.50. The number of halogens is 2. The maximum absolute atomic E-state index is 13.7. The van der Waals surface area contributed by atoms with Crippen molar-refractivity contribution in [3.8, 4) is 0 Å². The lowest BCUT2D eigenvalue weighted by molar-refractivity contribution is 0.101. The first-order valence-corrected chi connectivity index (χ1v) is 9.20. The third kappa shape index (κ3) is 10.8. The first kappa shape index (κ1) is 26.4. The molecule has 0 unspecified atom stereocenters. The van der Waals surface area contributed by atoms with Crippen LogP contribution in [0.25, 0.3) is 0 Å². The number of hydrogen-bond acceptors (Lipinski definition) is 3. The fraction of sp³-hybridized carbons (Fsp3) is 0.562. The van der Waals surface area contributed by atoms with Crippen LogP contribution in [-0.4, -0.2) is 27.1 Å². The van der Waals surface area contributed by atoms with Crippen LogP contribution >= 0.6 is 0 Å². The number of nitrogens with one attached hydrogen (secondary N) is 1. The summed E-state index contributed by atoms with van der Waals surface area (Å²) in [5.41, 5.74) is -0.312. The zero-order valence-electron chi connectivity index (χ0n) is 15.0. The maximum Gasteiger partial charge on any atom is 0.232 e. The molecule has 1 aromatic carbocycles. The van der Waals surface area contributed by atoms with Gasteiger partial charge in [0.25, 0.3) is 0 Å². The SMILES string of the molecule is CC.CC.CCCS(=O)(=O)Nc1cccc(C(C)=O)c1F.CF. The third-order valence-corrected chi connectivity index (χ3v) is 3.59. The number of carbonyl (C=O) groups excluding carboxylic acids is 1. The number of benzene rings is 1. The number of anilines is 1. The average Bonchev–Trinajstić information content (AvgIpc) is 2.54. The Morgan fingerprint density at radius 1 is 1.13 bits per heavy atom. The van der Waals surface area contributed by atoms with E-state index in [4.69, 9.17) is 0 Å². The second-order valence-corrected chi connectivity index (χ2v) is 5.49. The summed E-state index contributed by atoms with van der Waals surface area (Å²) < 4.78 is 48.3. The summed E-state index contributed by atoms with van der Waals surface area (Å²) in [5, 5.41) is 0. The third-order valence-electron chi connectivity index (χ3n) is 2.12. The smallest absolute Gasteiger partial charge is 0.232 e. The number of hydrogen-bond donors (Lipinski definition) is 1. The van der Waals surface area contributed by atoms with E-state index in [0.29, 0.717) is 13.6 Å². The molecule has 1 aromatic rings. The molecule has 1 rings (SSSR count). The van der Waals surface area contributed by atoms with Crippen molar-refractivity contribution in [2.75, 3.05) is 17.7 Å². The Bertz CT molecular complexity index is 532. The molecule has 4 nitrogen and oxygen atoms in total. The van der Waals surface area contributed by atoms with Crippen LogP contribution in [0.3, 0.4) is 0 Å². The number of sulfonamides is 1. The van der Waals surface area contributed by atoms with Gasteiger partial charge in [-0.25, -0.2) is 12.8 Å². The molecule has 136 valence electrons. The van der Waals surface area contributed by atoms with E-state index < -0.39 is 21.6 Å². The van der Waals surface area contributed by atoms with Crippen molar-refractivity contribution >= 4 is 21.5 Å². The zero-order chi connectivity index (χ0) is 19.1. The highest BCUT2D eigenvalue weighted by atomic mass is 32.2. The molecule has 0 aliphatic heterocycles. The van der Waals surface area contributed by atoms with Gasteiger partial charge in [-0.15, -0.1) is 0 Å². The highest BCUT2D eigenvalue weighted by molar-refractivity contribution is 7.92. The van der Waals surface area contributed by atoms with Gasteiger partial charge in [-0.3, -0.25) is 13.9 Å². The lowest BCUT2D eigenvalue weighted by atomic mass is 10.1. The highest BCUT2D eigenvalue weighted by Gasteiger charge is 2.15. The molecule has 0 bridgehead atoms. The van der Waals surface area contributed by atoms with Crippen molar-refractivity contribution in [2.24, 2.45) is 0 Å². The minimum atomic E-state index is -3.55. The molecule has 0 amide bonds. The van der Waals surface area contributed by atoms with E-state index in [1.165, 1.54) is 25.1 Å². The van der Waals surface area contributed by atoms with Gasteiger partial charge in [0.05, 0.1) is 24.2 Å². The van der Waals surface area contributed by atoms with Crippen LogP contribution in [0.2, 0.25) is 0 Å².